The van der Waals surface area contributed by atoms with Crippen molar-refractivity contribution in [2.45, 2.75) is 28.9 Å². The normalized spacial score (nSPS) is 21.3. The number of carboxylic acids is 1. The van der Waals surface area contributed by atoms with Gasteiger partial charge in [-0.3, -0.25) is 14.5 Å². The molecule has 0 spiro atoms. The average molecular weight is 501 g/mol. The molecule has 2 aliphatic rings. The summed E-state index contributed by atoms with van der Waals surface area (Å²) >= 11 is 4.41. The monoisotopic (exact) mass is 500 g/mol. The number of carbonyl (C=O) groups is 3. The number of carboxylic acid groups (broad SMARTS) is 1. The molecule has 0 aromatic carbocycles. The standard InChI is InChI=1S/C15H15F3N4O4S4/c1-6-20-21-14(30-6)29-3-7-2-28-12-9(11(24)22(12)10(7)13(25)26)19-8(23)4-27-5-15(16,17)18/h9,12H,2-5H2,1H3,(H,19,23)(H,25,26)/t9-,12-/m1/s1. The third-order valence-corrected chi connectivity index (χ3v) is 8.34. The van der Waals surface area contributed by atoms with Crippen molar-refractivity contribution in [2.75, 3.05) is 23.0 Å². The van der Waals surface area contributed by atoms with Gasteiger partial charge in [-0.2, -0.15) is 13.2 Å². The maximum atomic E-state index is 12.5. The van der Waals surface area contributed by atoms with Gasteiger partial charge in [0.2, 0.25) is 5.91 Å². The third kappa shape index (κ3) is 5.42. The van der Waals surface area contributed by atoms with E-state index >= 15 is 0 Å². The lowest BCUT2D eigenvalue weighted by Gasteiger charge is -2.49. The van der Waals surface area contributed by atoms with Crippen LogP contribution in [0.4, 0.5) is 13.2 Å². The number of alkyl halides is 3. The zero-order valence-electron chi connectivity index (χ0n) is 15.3. The van der Waals surface area contributed by atoms with Gasteiger partial charge in [0, 0.05) is 11.5 Å². The molecule has 15 heteroatoms. The number of β-lactam (4-membered cyclic amide) rings is 1. The number of nitrogens with zero attached hydrogens (tertiary/aromatic N) is 3. The van der Waals surface area contributed by atoms with E-state index in [1.807, 2.05) is 0 Å². The van der Waals surface area contributed by atoms with E-state index in [-0.39, 0.29) is 5.70 Å². The summed E-state index contributed by atoms with van der Waals surface area (Å²) in [7, 11) is 0. The summed E-state index contributed by atoms with van der Waals surface area (Å²) in [6, 6.07) is -0.955. The van der Waals surface area contributed by atoms with Crippen LogP contribution < -0.4 is 5.32 Å². The predicted molar refractivity (Wildman–Crippen MR) is 108 cm³/mol. The molecular formula is C15H15F3N4O4S4. The second kappa shape index (κ2) is 9.36. The van der Waals surface area contributed by atoms with Gasteiger partial charge in [-0.05, 0) is 12.5 Å². The molecule has 1 saturated heterocycles. The van der Waals surface area contributed by atoms with Gasteiger partial charge in [-0.25, -0.2) is 4.79 Å². The summed E-state index contributed by atoms with van der Waals surface area (Å²) < 4.78 is 37.2. The quantitative estimate of drug-likeness (QED) is 0.409. The maximum Gasteiger partial charge on any atom is 0.397 e. The smallest absolute Gasteiger partial charge is 0.397 e. The lowest BCUT2D eigenvalue weighted by Crippen LogP contribution is -2.70. The van der Waals surface area contributed by atoms with Crippen molar-refractivity contribution in [3.05, 3.63) is 16.3 Å². The Balaban J connectivity index is 1.61. The highest BCUT2D eigenvalue weighted by Crippen LogP contribution is 2.41. The van der Waals surface area contributed by atoms with Crippen molar-refractivity contribution in [1.29, 1.82) is 0 Å². The van der Waals surface area contributed by atoms with E-state index in [1.165, 1.54) is 34.9 Å². The highest BCUT2D eigenvalue weighted by molar-refractivity contribution is 8.02. The highest BCUT2D eigenvalue weighted by Gasteiger charge is 2.54. The van der Waals surface area contributed by atoms with E-state index in [1.54, 1.807) is 6.92 Å². The average Bonchev–Trinajstić information content (AvgIpc) is 3.07. The van der Waals surface area contributed by atoms with Crippen LogP contribution in [0.2, 0.25) is 0 Å². The summed E-state index contributed by atoms with van der Waals surface area (Å²) in [6.45, 7) is 1.81. The molecule has 0 aliphatic carbocycles. The fourth-order valence-electron chi connectivity index (χ4n) is 2.75. The molecule has 0 unspecified atom stereocenters. The van der Waals surface area contributed by atoms with Crippen LogP contribution in [0.3, 0.4) is 0 Å². The molecule has 3 heterocycles. The largest absolute Gasteiger partial charge is 0.477 e. The number of nitrogens with one attached hydrogen (secondary N) is 1. The lowest BCUT2D eigenvalue weighted by molar-refractivity contribution is -0.150. The summed E-state index contributed by atoms with van der Waals surface area (Å²) in [4.78, 5) is 37.3. The number of fused-ring (bicyclic) bond motifs is 1. The van der Waals surface area contributed by atoms with Gasteiger partial charge in [-0.1, -0.05) is 23.1 Å². The molecule has 2 atom stereocenters. The molecule has 2 aliphatic heterocycles. The molecule has 1 aromatic rings. The first-order chi connectivity index (χ1) is 14.1. The lowest BCUT2D eigenvalue weighted by atomic mass is 10.0. The van der Waals surface area contributed by atoms with Crippen molar-refractivity contribution in [2.24, 2.45) is 0 Å². The minimum atomic E-state index is -4.38. The highest BCUT2D eigenvalue weighted by atomic mass is 32.2. The van der Waals surface area contributed by atoms with Gasteiger partial charge in [-0.15, -0.1) is 33.7 Å². The number of hydrogen-bond acceptors (Lipinski definition) is 9. The van der Waals surface area contributed by atoms with E-state index in [9.17, 15) is 32.7 Å². The maximum absolute atomic E-state index is 12.5. The van der Waals surface area contributed by atoms with Gasteiger partial charge >= 0.3 is 12.1 Å². The van der Waals surface area contributed by atoms with Crippen molar-refractivity contribution < 1.29 is 32.7 Å². The summed E-state index contributed by atoms with van der Waals surface area (Å²) in [5, 5.41) is 20.1. The Morgan fingerprint density at radius 3 is 2.70 bits per heavy atom. The molecule has 0 radical (unpaired) electrons. The molecule has 0 bridgehead atoms. The van der Waals surface area contributed by atoms with Gasteiger partial charge in [0.15, 0.2) is 4.34 Å². The first-order valence-corrected chi connectivity index (χ1v) is 12.3. The number of rotatable bonds is 8. The first-order valence-electron chi connectivity index (χ1n) is 8.33. The van der Waals surface area contributed by atoms with Crippen molar-refractivity contribution in [3.63, 3.8) is 0 Å². The van der Waals surface area contributed by atoms with Gasteiger partial charge in [0.1, 0.15) is 22.1 Å². The Bertz CT molecular complexity index is 891. The zero-order chi connectivity index (χ0) is 22.1. The number of amides is 2. The summed E-state index contributed by atoms with van der Waals surface area (Å²) in [6.07, 6.45) is -4.38. The SMILES string of the molecule is Cc1nnc(SCC2=C(C(=O)O)N3C(=O)[C@@H](NC(=O)CSCC(F)(F)F)[C@H]3SC2)s1. The van der Waals surface area contributed by atoms with Gasteiger partial charge in [0.05, 0.1) is 11.5 Å². The molecule has 1 aromatic heterocycles. The predicted octanol–water partition coefficient (Wildman–Crippen LogP) is 1.97. The van der Waals surface area contributed by atoms with E-state index in [0.717, 1.165) is 9.91 Å². The van der Waals surface area contributed by atoms with Crippen LogP contribution in [0, 0.1) is 6.92 Å². The van der Waals surface area contributed by atoms with Crippen molar-refractivity contribution >= 4 is 64.4 Å². The van der Waals surface area contributed by atoms with Crippen LogP contribution >= 0.6 is 46.6 Å². The van der Waals surface area contributed by atoms with Gasteiger partial charge in [0.25, 0.3) is 5.91 Å². The minimum absolute atomic E-state index is 0.116. The molecule has 8 nitrogen and oxygen atoms in total. The van der Waals surface area contributed by atoms with E-state index in [4.69, 9.17) is 0 Å². The number of aryl methyl sites for hydroxylation is 1. The Kier molecular flexibility index (Phi) is 7.24. The number of aromatic nitrogens is 2. The molecular weight excluding hydrogens is 485 g/mol. The van der Waals surface area contributed by atoms with Crippen LogP contribution in [0.1, 0.15) is 5.01 Å². The topological polar surface area (TPSA) is 112 Å². The Labute approximate surface area is 185 Å². The van der Waals surface area contributed by atoms with E-state index < -0.39 is 46.9 Å². The fourth-order valence-corrected chi connectivity index (χ4v) is 6.66. The Hall–Kier alpha value is -1.45. The number of halogens is 3. The molecule has 2 amide bonds. The Morgan fingerprint density at radius 2 is 2.10 bits per heavy atom. The number of aliphatic carboxylic acids is 1. The molecule has 3 rings (SSSR count). The number of hydrogen-bond donors (Lipinski definition) is 2. The zero-order valence-corrected chi connectivity index (χ0v) is 18.5. The molecule has 30 heavy (non-hydrogen) atoms. The summed E-state index contributed by atoms with van der Waals surface area (Å²) in [5.74, 6) is -3.47. The second-order valence-electron chi connectivity index (χ2n) is 6.20. The molecule has 2 N–H and O–H groups in total. The van der Waals surface area contributed by atoms with Gasteiger partial charge < -0.3 is 10.4 Å². The first kappa shape index (κ1) is 23.2. The van der Waals surface area contributed by atoms with E-state index in [2.05, 4.69) is 15.5 Å². The van der Waals surface area contributed by atoms with Crippen LogP contribution in [0.5, 0.6) is 0 Å². The minimum Gasteiger partial charge on any atom is -0.477 e. The van der Waals surface area contributed by atoms with Crippen LogP contribution in [0.25, 0.3) is 0 Å². The third-order valence-electron chi connectivity index (χ3n) is 3.94. The van der Waals surface area contributed by atoms with E-state index in [0.29, 0.717) is 33.2 Å². The van der Waals surface area contributed by atoms with Crippen LogP contribution in [-0.2, 0) is 14.4 Å². The Morgan fingerprint density at radius 1 is 1.37 bits per heavy atom. The summed E-state index contributed by atoms with van der Waals surface area (Å²) in [5.41, 5.74) is 0.440. The molecule has 164 valence electrons. The van der Waals surface area contributed by atoms with Crippen molar-refractivity contribution in [1.82, 2.24) is 20.4 Å². The number of carbonyl (C=O) groups excluding carboxylic acids is 2. The molecule has 0 saturated carbocycles. The fraction of sp³-hybridized carbons (Fsp3) is 0.533. The molecule has 1 fully saturated rings. The van der Waals surface area contributed by atoms with Crippen LogP contribution in [0.15, 0.2) is 15.6 Å². The van der Waals surface area contributed by atoms with Crippen LogP contribution in [-0.4, -0.2) is 78.6 Å². The van der Waals surface area contributed by atoms with Crippen molar-refractivity contribution in [3.8, 4) is 0 Å². The number of thioether (sulfide) groups is 3. The second-order valence-corrected chi connectivity index (χ2v) is 10.7.